The number of alkyl halides is 3. The van der Waals surface area contributed by atoms with Crippen molar-refractivity contribution in [3.63, 3.8) is 0 Å². The fourth-order valence-corrected chi connectivity index (χ4v) is 6.78. The molecule has 2 atom stereocenters. The van der Waals surface area contributed by atoms with Gasteiger partial charge in [0.2, 0.25) is 0 Å². The van der Waals surface area contributed by atoms with E-state index < -0.39 is 40.6 Å². The number of ether oxygens (including phenoxy) is 1. The van der Waals surface area contributed by atoms with Crippen molar-refractivity contribution >= 4 is 28.1 Å². The van der Waals surface area contributed by atoms with E-state index in [4.69, 9.17) is 4.74 Å². The summed E-state index contributed by atoms with van der Waals surface area (Å²) >= 11 is 0. The van der Waals surface area contributed by atoms with Gasteiger partial charge in [-0.25, -0.2) is 0 Å². The molecule has 1 saturated heterocycles. The van der Waals surface area contributed by atoms with Crippen LogP contribution in [0.4, 0.5) is 24.5 Å². The number of methoxy groups -OCH3 is 1. The van der Waals surface area contributed by atoms with Gasteiger partial charge >= 0.3 is 6.18 Å². The average molecular weight is 637 g/mol. The van der Waals surface area contributed by atoms with E-state index in [2.05, 4.69) is 16.0 Å². The highest BCUT2D eigenvalue weighted by atomic mass is 32.3. The van der Waals surface area contributed by atoms with Gasteiger partial charge in [-0.2, -0.15) is 13.2 Å². The molecule has 3 aromatic carbocycles. The lowest BCUT2D eigenvalue weighted by molar-refractivity contribution is -0.137. The number of amides is 1. The molecule has 0 bridgehead atoms. The number of aliphatic hydroxyl groups is 1. The second kappa shape index (κ2) is 14.5. The Kier molecular flexibility index (Phi) is 11.0. The maximum absolute atomic E-state index is 13.7. The molecule has 1 aliphatic rings. The minimum Gasteiger partial charge on any atom is -0.492 e. The van der Waals surface area contributed by atoms with Gasteiger partial charge in [-0.1, -0.05) is 48.5 Å². The van der Waals surface area contributed by atoms with E-state index >= 15 is 0 Å². The molecule has 240 valence electrons. The Morgan fingerprint density at radius 2 is 1.80 bits per heavy atom. The second-order valence-corrected chi connectivity index (χ2v) is 12.7. The molecule has 1 fully saturated rings. The van der Waals surface area contributed by atoms with Gasteiger partial charge in [0, 0.05) is 31.7 Å². The molecule has 9 nitrogen and oxygen atoms in total. The van der Waals surface area contributed by atoms with E-state index in [0.717, 1.165) is 17.7 Å². The number of carbonyl (C=O) groups is 1. The van der Waals surface area contributed by atoms with Crippen LogP contribution in [0, 0.1) is 0 Å². The summed E-state index contributed by atoms with van der Waals surface area (Å²) in [6.45, 7) is 2.86. The van der Waals surface area contributed by atoms with Gasteiger partial charge in [0.15, 0.2) is 5.75 Å². The molecule has 0 aromatic heterocycles. The molecule has 4 rings (SSSR count). The molecule has 13 heteroatoms. The standard InChI is InChI=1S/C31H39F3N4O5S/c1-3-36-26-17-23(18-27(29(26)43-2)38-13-8-14-44(38,41)42)30(40)37-25(16-21-9-5-4-6-10-21)28(39)20-35-19-22-11-7-12-24(15-22)31(32,33)34/h4-7,9-12,15,17-18,25,28,35-36,39,41-42H,3,8,13-14,16,19-20H2,1-2H3,(H,37,40)/t25-,28+/m0/s1. The van der Waals surface area contributed by atoms with Gasteiger partial charge in [-0.05, 0) is 49.1 Å². The molecule has 0 unspecified atom stereocenters. The summed E-state index contributed by atoms with van der Waals surface area (Å²) in [5, 5.41) is 20.3. The molecular weight excluding hydrogens is 597 g/mol. The van der Waals surface area contributed by atoms with Crippen LogP contribution < -0.4 is 25.0 Å². The third kappa shape index (κ3) is 8.36. The van der Waals surface area contributed by atoms with Crippen molar-refractivity contribution in [1.82, 2.24) is 10.6 Å². The molecule has 0 saturated carbocycles. The van der Waals surface area contributed by atoms with Gasteiger partial charge in [0.05, 0.1) is 36.3 Å². The molecule has 1 aliphatic heterocycles. The van der Waals surface area contributed by atoms with E-state index in [0.29, 0.717) is 42.2 Å². The molecule has 0 spiro atoms. The van der Waals surface area contributed by atoms with Crippen LogP contribution in [-0.4, -0.2) is 64.8 Å². The first-order valence-electron chi connectivity index (χ1n) is 14.3. The Bertz CT molecular complexity index is 1410. The van der Waals surface area contributed by atoms with Gasteiger partial charge in [0.25, 0.3) is 5.91 Å². The molecule has 6 N–H and O–H groups in total. The molecule has 3 aromatic rings. The summed E-state index contributed by atoms with van der Waals surface area (Å²) in [6, 6.07) is 16.6. The lowest BCUT2D eigenvalue weighted by Crippen LogP contribution is -2.48. The van der Waals surface area contributed by atoms with Crippen LogP contribution in [0.1, 0.15) is 40.4 Å². The number of rotatable bonds is 13. The van der Waals surface area contributed by atoms with Crippen LogP contribution in [0.5, 0.6) is 5.75 Å². The van der Waals surface area contributed by atoms with E-state index in [1.54, 1.807) is 18.2 Å². The van der Waals surface area contributed by atoms with Crippen molar-refractivity contribution in [2.45, 2.75) is 44.6 Å². The number of benzene rings is 3. The Balaban J connectivity index is 1.56. The minimum absolute atomic E-state index is 0.000783. The average Bonchev–Trinajstić information content (AvgIpc) is 3.35. The van der Waals surface area contributed by atoms with Gasteiger partial charge < -0.3 is 25.8 Å². The maximum Gasteiger partial charge on any atom is 0.416 e. The van der Waals surface area contributed by atoms with E-state index in [1.165, 1.54) is 17.5 Å². The number of nitrogens with zero attached hydrogens (tertiary/aromatic N) is 1. The monoisotopic (exact) mass is 636 g/mol. The third-order valence-electron chi connectivity index (χ3n) is 7.32. The Morgan fingerprint density at radius 1 is 1.07 bits per heavy atom. The van der Waals surface area contributed by atoms with Crippen LogP contribution in [-0.2, 0) is 19.1 Å². The van der Waals surface area contributed by atoms with Crippen LogP contribution in [0.2, 0.25) is 0 Å². The van der Waals surface area contributed by atoms with Gasteiger partial charge in [0.1, 0.15) is 5.69 Å². The van der Waals surface area contributed by atoms with E-state index in [9.17, 15) is 32.2 Å². The van der Waals surface area contributed by atoms with Crippen LogP contribution in [0.25, 0.3) is 0 Å². The number of anilines is 2. The zero-order chi connectivity index (χ0) is 31.9. The molecular formula is C31H39F3N4O5S. The summed E-state index contributed by atoms with van der Waals surface area (Å²) < 4.78 is 67.8. The summed E-state index contributed by atoms with van der Waals surface area (Å²) in [5.41, 5.74) is 1.62. The van der Waals surface area contributed by atoms with E-state index in [-0.39, 0.29) is 30.8 Å². The molecule has 0 aliphatic carbocycles. The molecule has 1 heterocycles. The van der Waals surface area contributed by atoms with Crippen molar-refractivity contribution < 1.29 is 36.9 Å². The van der Waals surface area contributed by atoms with Crippen LogP contribution in [0.3, 0.4) is 0 Å². The highest BCUT2D eigenvalue weighted by Crippen LogP contribution is 2.54. The quantitative estimate of drug-likeness (QED) is 0.145. The predicted octanol–water partition coefficient (Wildman–Crippen LogP) is 5.51. The number of hydrogen-bond donors (Lipinski definition) is 6. The predicted molar refractivity (Wildman–Crippen MR) is 167 cm³/mol. The topological polar surface area (TPSA) is 126 Å². The Labute approximate surface area is 256 Å². The summed E-state index contributed by atoms with van der Waals surface area (Å²) in [4.78, 5) is 13.7. The third-order valence-corrected chi connectivity index (χ3v) is 9.24. The highest BCUT2D eigenvalue weighted by Gasteiger charge is 2.33. The van der Waals surface area contributed by atoms with Crippen molar-refractivity contribution in [2.24, 2.45) is 0 Å². The highest BCUT2D eigenvalue weighted by molar-refractivity contribution is 8.25. The lowest BCUT2D eigenvalue weighted by Gasteiger charge is -2.39. The number of halogens is 3. The number of hydrogen-bond acceptors (Lipinski definition) is 8. The lowest BCUT2D eigenvalue weighted by atomic mass is 10.00. The maximum atomic E-state index is 13.7. The fourth-order valence-electron chi connectivity index (χ4n) is 5.17. The number of carbonyl (C=O) groups excluding carboxylic acids is 1. The first kappa shape index (κ1) is 33.4. The van der Waals surface area contributed by atoms with Gasteiger partial charge in [-0.3, -0.25) is 18.2 Å². The largest absolute Gasteiger partial charge is 0.492 e. The minimum atomic E-state index is -4.46. The van der Waals surface area contributed by atoms with Crippen LogP contribution in [0.15, 0.2) is 66.7 Å². The first-order valence-corrected chi connectivity index (χ1v) is 16.0. The van der Waals surface area contributed by atoms with Crippen molar-refractivity contribution in [2.75, 3.05) is 42.1 Å². The summed E-state index contributed by atoms with van der Waals surface area (Å²) in [7, 11) is -1.61. The molecule has 1 amide bonds. The van der Waals surface area contributed by atoms with Crippen molar-refractivity contribution in [1.29, 1.82) is 0 Å². The fraction of sp³-hybridized carbons (Fsp3) is 0.387. The summed E-state index contributed by atoms with van der Waals surface area (Å²) in [5.74, 6) is 0.0913. The van der Waals surface area contributed by atoms with Crippen molar-refractivity contribution in [3.05, 3.63) is 89.0 Å². The zero-order valence-electron chi connectivity index (χ0n) is 24.6. The van der Waals surface area contributed by atoms with E-state index in [1.807, 2.05) is 37.3 Å². The number of aliphatic hydroxyl groups excluding tert-OH is 1. The molecule has 44 heavy (non-hydrogen) atoms. The SMILES string of the molecule is CCNc1cc(C(=O)N[C@@H](Cc2ccccc2)[C@H](O)CNCc2cccc(C(F)(F)F)c2)cc(N2CCCS2(O)O)c1OC. The Morgan fingerprint density at radius 3 is 2.43 bits per heavy atom. The normalized spacial score (nSPS) is 16.7. The first-order chi connectivity index (χ1) is 20.9. The second-order valence-electron chi connectivity index (χ2n) is 10.6. The summed E-state index contributed by atoms with van der Waals surface area (Å²) in [6.07, 6.45) is -4.70. The van der Waals surface area contributed by atoms with Crippen molar-refractivity contribution in [3.8, 4) is 5.75 Å². The molecule has 0 radical (unpaired) electrons. The zero-order valence-corrected chi connectivity index (χ0v) is 25.4. The number of nitrogens with one attached hydrogen (secondary N) is 3. The van der Waals surface area contributed by atoms with Crippen LogP contribution >= 0.6 is 10.8 Å². The van der Waals surface area contributed by atoms with Gasteiger partial charge in [-0.15, -0.1) is 10.8 Å². The Hall–Kier alpha value is -3.49. The smallest absolute Gasteiger partial charge is 0.416 e.